The van der Waals surface area contributed by atoms with Crippen LogP contribution in [0.3, 0.4) is 0 Å². The lowest BCUT2D eigenvalue weighted by Gasteiger charge is -2.23. The van der Waals surface area contributed by atoms with Crippen LogP contribution in [0.2, 0.25) is 0 Å². The van der Waals surface area contributed by atoms with E-state index in [2.05, 4.69) is 10.6 Å². The van der Waals surface area contributed by atoms with E-state index in [-0.39, 0.29) is 23.4 Å². The number of benzene rings is 2. The topological polar surface area (TPSA) is 95.6 Å². The third kappa shape index (κ3) is 4.36. The number of halogens is 1. The quantitative estimate of drug-likeness (QED) is 0.735. The van der Waals surface area contributed by atoms with Gasteiger partial charge in [0.15, 0.2) is 0 Å². The van der Waals surface area contributed by atoms with E-state index in [0.29, 0.717) is 24.1 Å². The van der Waals surface area contributed by atoms with Crippen molar-refractivity contribution in [2.75, 3.05) is 11.9 Å². The second-order valence-electron chi connectivity index (χ2n) is 7.55. The van der Waals surface area contributed by atoms with Gasteiger partial charge in [-0.1, -0.05) is 6.07 Å². The van der Waals surface area contributed by atoms with E-state index in [9.17, 15) is 22.4 Å². The average Bonchev–Trinajstić information content (AvgIpc) is 3.38. The summed E-state index contributed by atoms with van der Waals surface area (Å²) in [5, 5.41) is 5.61. The number of nitrogens with one attached hydrogen (secondary N) is 2. The maximum atomic E-state index is 13.2. The van der Waals surface area contributed by atoms with Crippen molar-refractivity contribution in [2.24, 2.45) is 0 Å². The maximum Gasteiger partial charge on any atom is 0.251 e. The first-order chi connectivity index (χ1) is 14.3. The predicted octanol–water partition coefficient (Wildman–Crippen LogP) is 2.51. The lowest BCUT2D eigenvalue weighted by atomic mass is 10.1. The minimum Gasteiger partial charge on any atom is -0.349 e. The van der Waals surface area contributed by atoms with E-state index in [4.69, 9.17) is 0 Å². The van der Waals surface area contributed by atoms with Gasteiger partial charge < -0.3 is 10.6 Å². The first-order valence-electron chi connectivity index (χ1n) is 9.84. The highest BCUT2D eigenvalue weighted by Crippen LogP contribution is 2.27. The van der Waals surface area contributed by atoms with Gasteiger partial charge in [-0.05, 0) is 68.1 Å². The highest BCUT2D eigenvalue weighted by atomic mass is 32.2. The van der Waals surface area contributed by atoms with Crippen molar-refractivity contribution in [3.05, 3.63) is 59.9 Å². The third-order valence-corrected chi connectivity index (χ3v) is 7.15. The summed E-state index contributed by atoms with van der Waals surface area (Å²) in [6.45, 7) is 0.210. The molecule has 4 rings (SSSR count). The second kappa shape index (κ2) is 8.16. The first-order valence-corrected chi connectivity index (χ1v) is 11.3. The first kappa shape index (κ1) is 20.5. The van der Waals surface area contributed by atoms with Crippen LogP contribution in [0.4, 0.5) is 10.1 Å². The number of anilines is 1. The Kier molecular flexibility index (Phi) is 5.57. The molecule has 0 spiro atoms. The Bertz CT molecular complexity index is 1070. The van der Waals surface area contributed by atoms with Crippen molar-refractivity contribution in [3.8, 4) is 0 Å². The molecule has 1 saturated heterocycles. The molecule has 7 nitrogen and oxygen atoms in total. The Labute approximate surface area is 174 Å². The van der Waals surface area contributed by atoms with E-state index in [0.717, 1.165) is 29.3 Å². The molecule has 0 aromatic heterocycles. The molecule has 1 heterocycles. The van der Waals surface area contributed by atoms with E-state index in [1.54, 1.807) is 24.3 Å². The van der Waals surface area contributed by atoms with Crippen LogP contribution in [0.25, 0.3) is 0 Å². The van der Waals surface area contributed by atoms with E-state index in [1.807, 2.05) is 0 Å². The number of carbonyl (C=O) groups is 2. The highest BCUT2D eigenvalue weighted by Gasteiger charge is 2.39. The summed E-state index contributed by atoms with van der Waals surface area (Å²) in [6.07, 6.45) is 2.88. The molecule has 2 aromatic carbocycles. The largest absolute Gasteiger partial charge is 0.349 e. The van der Waals surface area contributed by atoms with Crippen molar-refractivity contribution in [3.63, 3.8) is 0 Å². The van der Waals surface area contributed by atoms with Crippen molar-refractivity contribution >= 4 is 27.5 Å². The van der Waals surface area contributed by atoms with Crippen LogP contribution in [0.5, 0.6) is 0 Å². The fourth-order valence-electron chi connectivity index (χ4n) is 3.49. The Morgan fingerprint density at radius 3 is 2.47 bits per heavy atom. The normalized spacial score (nSPS) is 19.4. The summed E-state index contributed by atoms with van der Waals surface area (Å²) in [5.41, 5.74) is 0.858. The van der Waals surface area contributed by atoms with Crippen LogP contribution in [0, 0.1) is 5.82 Å². The van der Waals surface area contributed by atoms with E-state index < -0.39 is 27.8 Å². The number of carbonyl (C=O) groups excluding carboxylic acids is 2. The number of sulfonamides is 1. The number of amides is 2. The van der Waals surface area contributed by atoms with Crippen LogP contribution in [-0.4, -0.2) is 43.2 Å². The summed E-state index contributed by atoms with van der Waals surface area (Å²) in [4.78, 5) is 25.0. The summed E-state index contributed by atoms with van der Waals surface area (Å²) >= 11 is 0. The van der Waals surface area contributed by atoms with Gasteiger partial charge in [0.1, 0.15) is 11.9 Å². The number of hydrogen-bond donors (Lipinski definition) is 2. The van der Waals surface area contributed by atoms with Crippen molar-refractivity contribution in [1.82, 2.24) is 9.62 Å². The molecule has 158 valence electrons. The van der Waals surface area contributed by atoms with Gasteiger partial charge in [-0.2, -0.15) is 4.31 Å². The molecule has 0 radical (unpaired) electrons. The van der Waals surface area contributed by atoms with Crippen LogP contribution in [0.1, 0.15) is 36.0 Å². The summed E-state index contributed by atoms with van der Waals surface area (Å²) in [5.74, 6) is -1.19. The van der Waals surface area contributed by atoms with Crippen molar-refractivity contribution < 1.29 is 22.4 Å². The lowest BCUT2D eigenvalue weighted by Crippen LogP contribution is -2.43. The van der Waals surface area contributed by atoms with E-state index in [1.165, 1.54) is 12.1 Å². The van der Waals surface area contributed by atoms with Crippen LogP contribution >= 0.6 is 0 Å². The molecule has 1 aliphatic carbocycles. The number of nitrogens with zero attached hydrogens (tertiary/aromatic N) is 1. The molecule has 1 saturated carbocycles. The average molecular weight is 431 g/mol. The molecule has 0 bridgehead atoms. The van der Waals surface area contributed by atoms with Crippen LogP contribution < -0.4 is 10.6 Å². The molecule has 2 N–H and O–H groups in total. The van der Waals surface area contributed by atoms with Crippen LogP contribution in [0.15, 0.2) is 53.4 Å². The number of hydrogen-bond acceptors (Lipinski definition) is 4. The summed E-state index contributed by atoms with van der Waals surface area (Å²) < 4.78 is 40.2. The smallest absolute Gasteiger partial charge is 0.251 e. The standard InChI is InChI=1S/C21H22FN3O4S/c22-15-6-10-18(11-7-15)30(28,29)25-12-2-5-19(25)21(27)24-17-4-1-3-14(13-17)20(26)23-16-8-9-16/h1,3-4,6-7,10-11,13,16,19H,2,5,8-9,12H2,(H,23,26)(H,24,27)/t19-/m1/s1. The fourth-order valence-corrected chi connectivity index (χ4v) is 5.15. The molecular weight excluding hydrogens is 409 g/mol. The monoisotopic (exact) mass is 431 g/mol. The molecule has 2 aromatic rings. The minimum atomic E-state index is -3.93. The van der Waals surface area contributed by atoms with Gasteiger partial charge in [0.2, 0.25) is 15.9 Å². The Balaban J connectivity index is 1.48. The molecule has 2 amide bonds. The van der Waals surface area contributed by atoms with Gasteiger partial charge in [0, 0.05) is 23.8 Å². The molecule has 1 aliphatic heterocycles. The van der Waals surface area contributed by atoms with Gasteiger partial charge in [0.25, 0.3) is 5.91 Å². The molecule has 9 heteroatoms. The van der Waals surface area contributed by atoms with Gasteiger partial charge in [-0.15, -0.1) is 0 Å². The molecule has 0 unspecified atom stereocenters. The van der Waals surface area contributed by atoms with Gasteiger partial charge in [-0.25, -0.2) is 12.8 Å². The molecular formula is C21H22FN3O4S. The third-order valence-electron chi connectivity index (χ3n) is 5.23. The summed E-state index contributed by atoms with van der Waals surface area (Å²) in [7, 11) is -3.93. The van der Waals surface area contributed by atoms with Gasteiger partial charge in [-0.3, -0.25) is 9.59 Å². The molecule has 30 heavy (non-hydrogen) atoms. The summed E-state index contributed by atoms with van der Waals surface area (Å²) in [6, 6.07) is 10.5. The SMILES string of the molecule is O=C(NC1CC1)c1cccc(NC(=O)[C@H]2CCCN2S(=O)(=O)c2ccc(F)cc2)c1. The zero-order valence-corrected chi connectivity index (χ0v) is 17.0. The maximum absolute atomic E-state index is 13.2. The van der Waals surface area contributed by atoms with Crippen LogP contribution in [-0.2, 0) is 14.8 Å². The van der Waals surface area contributed by atoms with Crippen molar-refractivity contribution in [1.29, 1.82) is 0 Å². The Morgan fingerprint density at radius 1 is 1.03 bits per heavy atom. The highest BCUT2D eigenvalue weighted by molar-refractivity contribution is 7.89. The van der Waals surface area contributed by atoms with Crippen molar-refractivity contribution in [2.45, 2.75) is 42.7 Å². The van der Waals surface area contributed by atoms with Gasteiger partial charge in [0.05, 0.1) is 4.90 Å². The molecule has 2 fully saturated rings. The zero-order valence-electron chi connectivity index (χ0n) is 16.2. The number of rotatable bonds is 6. The Morgan fingerprint density at radius 2 is 1.77 bits per heavy atom. The zero-order chi connectivity index (χ0) is 21.3. The molecule has 1 atom stereocenters. The van der Waals surface area contributed by atoms with Gasteiger partial charge >= 0.3 is 0 Å². The predicted molar refractivity (Wildman–Crippen MR) is 109 cm³/mol. The fraction of sp³-hybridized carbons (Fsp3) is 0.333. The second-order valence-corrected chi connectivity index (χ2v) is 9.44. The Hall–Kier alpha value is -2.78. The minimum absolute atomic E-state index is 0.0534. The lowest BCUT2D eigenvalue weighted by molar-refractivity contribution is -0.119. The van der Waals surface area contributed by atoms with E-state index >= 15 is 0 Å². The molecule has 2 aliphatic rings.